The van der Waals surface area contributed by atoms with E-state index in [0.29, 0.717) is 25.4 Å². The van der Waals surface area contributed by atoms with Crippen LogP contribution in [0.1, 0.15) is 84.6 Å². The number of ether oxygens (including phenoxy) is 6. The van der Waals surface area contributed by atoms with E-state index in [4.69, 9.17) is 28.4 Å². The molecule has 1 aromatic carbocycles. The van der Waals surface area contributed by atoms with E-state index in [2.05, 4.69) is 5.32 Å². The number of halogens is 2. The van der Waals surface area contributed by atoms with Crippen molar-refractivity contribution in [3.63, 3.8) is 0 Å². The van der Waals surface area contributed by atoms with Gasteiger partial charge in [-0.3, -0.25) is 0 Å². The lowest BCUT2D eigenvalue weighted by atomic mass is 9.91. The highest BCUT2D eigenvalue weighted by molar-refractivity contribution is 5.81. The molecule has 246 valence electrons. The third-order valence-electron chi connectivity index (χ3n) is 7.10. The molecular weight excluding hydrogens is 564 g/mol. The van der Waals surface area contributed by atoms with Crippen molar-refractivity contribution in [2.75, 3.05) is 33.0 Å². The normalized spacial score (nSPS) is 21.3. The first kappa shape index (κ1) is 36.8. The Kier molecular flexibility index (Phi) is 17.6. The molecule has 0 radical (unpaired) electrons. The van der Waals surface area contributed by atoms with Gasteiger partial charge in [0.2, 0.25) is 0 Å². The van der Waals surface area contributed by atoms with Gasteiger partial charge in [0.25, 0.3) is 5.92 Å². The molecule has 1 aliphatic rings. The second-order valence-corrected chi connectivity index (χ2v) is 10.8. The zero-order chi connectivity index (χ0) is 31.5. The summed E-state index contributed by atoms with van der Waals surface area (Å²) < 4.78 is 66.2. The summed E-state index contributed by atoms with van der Waals surface area (Å²) in [5.41, 5.74) is 0.711. The Morgan fingerprint density at radius 2 is 1.60 bits per heavy atom. The molecule has 5 atom stereocenters. The molecule has 0 aromatic heterocycles. The van der Waals surface area contributed by atoms with Crippen molar-refractivity contribution in [2.45, 2.75) is 122 Å². The van der Waals surface area contributed by atoms with Gasteiger partial charge in [0.1, 0.15) is 31.0 Å². The van der Waals surface area contributed by atoms with E-state index in [0.717, 1.165) is 38.5 Å². The van der Waals surface area contributed by atoms with E-state index in [-0.39, 0.29) is 26.2 Å². The van der Waals surface area contributed by atoms with Crippen LogP contribution in [0.3, 0.4) is 0 Å². The highest BCUT2D eigenvalue weighted by Crippen LogP contribution is 2.37. The minimum Gasteiger partial charge on any atom is -0.464 e. The number of hydrogen-bond acceptors (Lipinski definition) is 8. The first-order valence-electron chi connectivity index (χ1n) is 15.7. The Labute approximate surface area is 255 Å². The Morgan fingerprint density at radius 1 is 0.953 bits per heavy atom. The number of alkyl halides is 2. The first-order chi connectivity index (χ1) is 20.7. The number of benzene rings is 1. The summed E-state index contributed by atoms with van der Waals surface area (Å²) in [6.07, 6.45) is -0.666. The SMILES string of the molecule is CCCCOC[C@H]1OC(C(F)(F)CC(NC(=O)OCc2ccccc2)C(=O)OCC)C[C@@H](OCCCC)[C@H]1OCCCC. The molecule has 1 N–H and O–H groups in total. The fourth-order valence-corrected chi connectivity index (χ4v) is 4.65. The van der Waals surface area contributed by atoms with E-state index < -0.39 is 54.9 Å². The lowest BCUT2D eigenvalue weighted by molar-refractivity contribution is -0.260. The number of nitrogens with one attached hydrogen (secondary N) is 1. The molecule has 1 fully saturated rings. The summed E-state index contributed by atoms with van der Waals surface area (Å²) in [6.45, 7) is 8.94. The second kappa shape index (κ2) is 20.6. The lowest BCUT2D eigenvalue weighted by Gasteiger charge is -2.44. The topological polar surface area (TPSA) is 102 Å². The molecule has 1 amide bonds. The lowest BCUT2D eigenvalue weighted by Crippen LogP contribution is -2.58. The fraction of sp³-hybridized carbons (Fsp3) is 0.750. The van der Waals surface area contributed by atoms with Crippen LogP contribution in [0, 0.1) is 0 Å². The van der Waals surface area contributed by atoms with Gasteiger partial charge in [0.05, 0.1) is 19.3 Å². The first-order valence-corrected chi connectivity index (χ1v) is 15.7. The highest BCUT2D eigenvalue weighted by atomic mass is 19.3. The van der Waals surface area contributed by atoms with Gasteiger partial charge < -0.3 is 33.7 Å². The van der Waals surface area contributed by atoms with Crippen LogP contribution < -0.4 is 5.32 Å². The van der Waals surface area contributed by atoms with Gasteiger partial charge in [-0.05, 0) is 31.7 Å². The Bertz CT molecular complexity index is 907. The van der Waals surface area contributed by atoms with Gasteiger partial charge in [0, 0.05) is 32.7 Å². The van der Waals surface area contributed by atoms with Gasteiger partial charge in [-0.2, -0.15) is 0 Å². The van der Waals surface area contributed by atoms with E-state index in [1.807, 2.05) is 26.8 Å². The summed E-state index contributed by atoms with van der Waals surface area (Å²) >= 11 is 0. The molecule has 9 nitrogen and oxygen atoms in total. The summed E-state index contributed by atoms with van der Waals surface area (Å²) in [4.78, 5) is 25.2. The van der Waals surface area contributed by atoms with E-state index in [9.17, 15) is 9.59 Å². The molecule has 2 rings (SSSR count). The second-order valence-electron chi connectivity index (χ2n) is 10.8. The Hall–Kier alpha value is -2.34. The Morgan fingerprint density at radius 3 is 2.26 bits per heavy atom. The maximum Gasteiger partial charge on any atom is 0.408 e. The van der Waals surface area contributed by atoms with E-state index in [1.54, 1.807) is 31.2 Å². The minimum atomic E-state index is -3.54. The third kappa shape index (κ3) is 13.5. The molecule has 1 aromatic rings. The molecule has 0 saturated carbocycles. The number of amides is 1. The number of alkyl carbamates (subject to hydrolysis) is 1. The van der Waals surface area contributed by atoms with Crippen molar-refractivity contribution in [3.05, 3.63) is 35.9 Å². The smallest absolute Gasteiger partial charge is 0.408 e. The van der Waals surface area contributed by atoms with Crippen LogP contribution in [0.25, 0.3) is 0 Å². The molecule has 11 heteroatoms. The number of carbonyl (C=O) groups excluding carboxylic acids is 2. The van der Waals surface area contributed by atoms with Crippen molar-refractivity contribution in [3.8, 4) is 0 Å². The maximum atomic E-state index is 16.0. The number of carbonyl (C=O) groups is 2. The summed E-state index contributed by atoms with van der Waals surface area (Å²) in [6, 6.07) is 7.24. The average Bonchev–Trinajstić information content (AvgIpc) is 2.99. The molecule has 0 aliphatic carbocycles. The zero-order valence-corrected chi connectivity index (χ0v) is 26.2. The number of unbranched alkanes of at least 4 members (excludes halogenated alkanes) is 3. The number of rotatable bonds is 21. The van der Waals surface area contributed by atoms with E-state index in [1.165, 1.54) is 0 Å². The molecular formula is C32H51F2NO8. The molecule has 43 heavy (non-hydrogen) atoms. The van der Waals surface area contributed by atoms with Gasteiger partial charge in [0.15, 0.2) is 0 Å². The van der Waals surface area contributed by atoms with Crippen molar-refractivity contribution in [1.82, 2.24) is 5.32 Å². The van der Waals surface area contributed by atoms with Crippen molar-refractivity contribution in [1.29, 1.82) is 0 Å². The van der Waals surface area contributed by atoms with Crippen LogP contribution in [-0.4, -0.2) is 81.5 Å². The number of hydrogen-bond donors (Lipinski definition) is 1. The number of esters is 1. The summed E-state index contributed by atoms with van der Waals surface area (Å²) in [7, 11) is 0. The average molecular weight is 616 g/mol. The highest BCUT2D eigenvalue weighted by Gasteiger charge is 2.52. The monoisotopic (exact) mass is 615 g/mol. The third-order valence-corrected chi connectivity index (χ3v) is 7.10. The maximum absolute atomic E-state index is 16.0. The predicted octanol–water partition coefficient (Wildman–Crippen LogP) is 6.21. The molecule has 2 unspecified atom stereocenters. The summed E-state index contributed by atoms with van der Waals surface area (Å²) in [5.74, 6) is -4.52. The van der Waals surface area contributed by atoms with Crippen molar-refractivity contribution < 1.29 is 46.8 Å². The van der Waals surface area contributed by atoms with Crippen LogP contribution in [0.4, 0.5) is 13.6 Å². The minimum absolute atomic E-state index is 0.0388. The zero-order valence-electron chi connectivity index (χ0n) is 26.2. The predicted molar refractivity (Wildman–Crippen MR) is 158 cm³/mol. The van der Waals surface area contributed by atoms with Gasteiger partial charge in [-0.25, -0.2) is 18.4 Å². The van der Waals surface area contributed by atoms with Crippen LogP contribution >= 0.6 is 0 Å². The molecule has 0 spiro atoms. The van der Waals surface area contributed by atoms with Gasteiger partial charge >= 0.3 is 12.1 Å². The van der Waals surface area contributed by atoms with Crippen molar-refractivity contribution >= 4 is 12.1 Å². The molecule has 0 bridgehead atoms. The standard InChI is InChI=1S/C32H51F2NO8/c1-5-9-17-38-23-27-29(41-19-11-7-3)26(40-18-10-6-2)20-28(43-27)32(33,34)21-25(30(36)39-8-4)35-31(37)42-22-24-15-13-12-14-16-24/h12-16,25-29H,5-11,17-23H2,1-4H3,(H,35,37)/t25?,26-,27-,28?,29-/m1/s1. The summed E-state index contributed by atoms with van der Waals surface area (Å²) in [5, 5.41) is 2.27. The molecule has 1 aliphatic heterocycles. The Balaban J connectivity index is 2.20. The van der Waals surface area contributed by atoms with E-state index >= 15 is 8.78 Å². The van der Waals surface area contributed by atoms with Crippen molar-refractivity contribution in [2.24, 2.45) is 0 Å². The van der Waals surface area contributed by atoms with Crippen LogP contribution in [0.15, 0.2) is 30.3 Å². The molecule has 1 saturated heterocycles. The van der Waals surface area contributed by atoms with Gasteiger partial charge in [-0.1, -0.05) is 70.4 Å². The quantitative estimate of drug-likeness (QED) is 0.129. The molecule has 1 heterocycles. The van der Waals surface area contributed by atoms with Crippen LogP contribution in [0.2, 0.25) is 0 Å². The van der Waals surface area contributed by atoms with Crippen LogP contribution in [-0.2, 0) is 39.8 Å². The van der Waals surface area contributed by atoms with Crippen LogP contribution in [0.5, 0.6) is 0 Å². The largest absolute Gasteiger partial charge is 0.464 e. The van der Waals surface area contributed by atoms with Gasteiger partial charge in [-0.15, -0.1) is 0 Å². The fourth-order valence-electron chi connectivity index (χ4n) is 4.65.